The molecule has 0 heterocycles. The molecule has 0 aliphatic rings. The Hall–Kier alpha value is -4.16. The van der Waals surface area contributed by atoms with Crippen LogP contribution in [0.25, 0.3) is 0 Å². The van der Waals surface area contributed by atoms with Gasteiger partial charge >= 0.3 is 24.1 Å². The number of hydrogen-bond acceptors (Lipinski definition) is 9. The van der Waals surface area contributed by atoms with E-state index in [9.17, 15) is 29.4 Å². The third kappa shape index (κ3) is 13.2. The van der Waals surface area contributed by atoms with Crippen molar-refractivity contribution in [2.75, 3.05) is 7.11 Å². The van der Waals surface area contributed by atoms with Gasteiger partial charge in [0.25, 0.3) is 0 Å². The highest BCUT2D eigenvalue weighted by molar-refractivity contribution is 5.82. The van der Waals surface area contributed by atoms with E-state index in [-0.39, 0.29) is 0 Å². The van der Waals surface area contributed by atoms with Crippen LogP contribution in [0.15, 0.2) is 60.7 Å². The summed E-state index contributed by atoms with van der Waals surface area (Å²) in [6.07, 6.45) is -4.28. The van der Waals surface area contributed by atoms with E-state index in [0.717, 1.165) is 0 Å². The lowest BCUT2D eigenvalue weighted by molar-refractivity contribution is -0.146. The molecule has 2 aromatic rings. The molecule has 2 amide bonds. The SMILES string of the molecule is CC(C)(C)OC(=O)N[C@H](C(=O)O)[C@H](O)c1ccccc1.COC(=O)[C@@H](NC(=O)OC(C)(C)C)[C@H](O)c1ccccc1. The number of benzene rings is 2. The molecule has 0 spiro atoms. The maximum absolute atomic E-state index is 11.8. The van der Waals surface area contributed by atoms with E-state index < -0.39 is 59.6 Å². The molecule has 5 N–H and O–H groups in total. The molecular weight excluding hydrogens is 536 g/mol. The van der Waals surface area contributed by atoms with Crippen LogP contribution < -0.4 is 10.6 Å². The van der Waals surface area contributed by atoms with Crippen LogP contribution in [0.5, 0.6) is 0 Å². The second-order valence-corrected chi connectivity index (χ2v) is 10.8. The minimum absolute atomic E-state index is 0.399. The number of ether oxygens (including phenoxy) is 3. The third-order valence-electron chi connectivity index (χ3n) is 4.98. The number of aliphatic hydroxyl groups is 2. The van der Waals surface area contributed by atoms with Gasteiger partial charge in [-0.1, -0.05) is 60.7 Å². The first-order valence-corrected chi connectivity index (χ1v) is 12.7. The van der Waals surface area contributed by atoms with Gasteiger partial charge in [-0.15, -0.1) is 0 Å². The van der Waals surface area contributed by atoms with Gasteiger partial charge in [0.1, 0.15) is 23.4 Å². The maximum atomic E-state index is 11.8. The van der Waals surface area contributed by atoms with Crippen LogP contribution in [-0.4, -0.2) is 69.8 Å². The molecule has 0 aliphatic carbocycles. The number of rotatable bonds is 8. The lowest BCUT2D eigenvalue weighted by Gasteiger charge is -2.25. The van der Waals surface area contributed by atoms with Gasteiger partial charge < -0.3 is 40.2 Å². The molecule has 0 unspecified atom stereocenters. The Labute approximate surface area is 239 Å². The van der Waals surface area contributed by atoms with Crippen molar-refractivity contribution in [3.05, 3.63) is 71.8 Å². The van der Waals surface area contributed by atoms with Crippen LogP contribution in [0.3, 0.4) is 0 Å². The van der Waals surface area contributed by atoms with Crippen LogP contribution in [0.1, 0.15) is 64.9 Å². The zero-order chi connectivity index (χ0) is 31.4. The number of carboxylic acids is 1. The van der Waals surface area contributed by atoms with Gasteiger partial charge in [-0.2, -0.15) is 0 Å². The summed E-state index contributed by atoms with van der Waals surface area (Å²) in [4.78, 5) is 46.3. The van der Waals surface area contributed by atoms with E-state index in [0.29, 0.717) is 11.1 Å². The second-order valence-electron chi connectivity index (χ2n) is 10.8. The first kappa shape index (κ1) is 34.9. The normalized spacial score (nSPS) is 14.1. The summed E-state index contributed by atoms with van der Waals surface area (Å²) in [6, 6.07) is 14.1. The average Bonchev–Trinajstić information content (AvgIpc) is 2.88. The molecule has 0 radical (unpaired) electrons. The largest absolute Gasteiger partial charge is 0.480 e. The Balaban J connectivity index is 0.000000410. The summed E-state index contributed by atoms with van der Waals surface area (Å²) in [7, 11) is 1.18. The minimum Gasteiger partial charge on any atom is -0.480 e. The van der Waals surface area contributed by atoms with Crippen LogP contribution in [0.2, 0.25) is 0 Å². The Morgan fingerprint density at radius 2 is 1.00 bits per heavy atom. The van der Waals surface area contributed by atoms with Crippen molar-refractivity contribution >= 4 is 24.1 Å². The number of aliphatic hydroxyl groups excluding tert-OH is 2. The predicted molar refractivity (Wildman–Crippen MR) is 149 cm³/mol. The van der Waals surface area contributed by atoms with E-state index in [2.05, 4.69) is 15.4 Å². The van der Waals surface area contributed by atoms with E-state index in [1.165, 1.54) is 7.11 Å². The summed E-state index contributed by atoms with van der Waals surface area (Å²) in [5.41, 5.74) is -0.562. The second kappa shape index (κ2) is 15.6. The Morgan fingerprint density at radius 3 is 1.32 bits per heavy atom. The zero-order valence-electron chi connectivity index (χ0n) is 24.3. The fourth-order valence-electron chi connectivity index (χ4n) is 3.22. The van der Waals surface area contributed by atoms with Crippen molar-refractivity contribution in [2.24, 2.45) is 0 Å². The summed E-state index contributed by atoms with van der Waals surface area (Å²) in [5.74, 6) is -2.09. The molecule has 0 aliphatic heterocycles. The third-order valence-corrected chi connectivity index (χ3v) is 4.98. The summed E-state index contributed by atoms with van der Waals surface area (Å²) in [6.45, 7) is 10.1. The number of carbonyl (C=O) groups is 4. The van der Waals surface area contributed by atoms with Crippen LogP contribution in [0.4, 0.5) is 9.59 Å². The molecule has 0 saturated heterocycles. The number of aliphatic carboxylic acids is 1. The topological polar surface area (TPSA) is 181 Å². The van der Waals surface area contributed by atoms with Crippen molar-refractivity contribution in [1.29, 1.82) is 0 Å². The number of carboxylic acid groups (broad SMARTS) is 1. The molecule has 41 heavy (non-hydrogen) atoms. The predicted octanol–water partition coefficient (Wildman–Crippen LogP) is 3.48. The van der Waals surface area contributed by atoms with Gasteiger partial charge in [-0.3, -0.25) is 0 Å². The molecule has 0 saturated carbocycles. The van der Waals surface area contributed by atoms with Crippen molar-refractivity contribution in [2.45, 2.75) is 77.0 Å². The fraction of sp³-hybridized carbons (Fsp3) is 0.448. The Kier molecular flexibility index (Phi) is 13.3. The average molecular weight is 577 g/mol. The number of hydrogen-bond donors (Lipinski definition) is 5. The van der Waals surface area contributed by atoms with Gasteiger partial charge in [-0.25, -0.2) is 19.2 Å². The molecule has 0 aromatic heterocycles. The number of amides is 2. The van der Waals surface area contributed by atoms with E-state index in [1.807, 2.05) is 0 Å². The van der Waals surface area contributed by atoms with Gasteiger partial charge in [0, 0.05) is 0 Å². The zero-order valence-corrected chi connectivity index (χ0v) is 24.3. The number of nitrogens with one attached hydrogen (secondary N) is 2. The smallest absolute Gasteiger partial charge is 0.408 e. The number of methoxy groups -OCH3 is 1. The fourth-order valence-corrected chi connectivity index (χ4v) is 3.22. The molecule has 12 nitrogen and oxygen atoms in total. The minimum atomic E-state index is -1.48. The van der Waals surface area contributed by atoms with E-state index in [1.54, 1.807) is 102 Å². The highest BCUT2D eigenvalue weighted by atomic mass is 16.6. The van der Waals surface area contributed by atoms with Gasteiger partial charge in [0.05, 0.1) is 7.11 Å². The number of alkyl carbamates (subject to hydrolysis) is 2. The maximum Gasteiger partial charge on any atom is 0.408 e. The molecule has 0 fully saturated rings. The van der Waals surface area contributed by atoms with Gasteiger partial charge in [0.15, 0.2) is 12.1 Å². The Bertz CT molecular complexity index is 1130. The van der Waals surface area contributed by atoms with Crippen molar-refractivity contribution in [3.63, 3.8) is 0 Å². The molecule has 0 bridgehead atoms. The monoisotopic (exact) mass is 576 g/mol. The highest BCUT2D eigenvalue weighted by Gasteiger charge is 2.33. The lowest BCUT2D eigenvalue weighted by Crippen LogP contribution is -2.47. The molecule has 2 aromatic carbocycles. The summed E-state index contributed by atoms with van der Waals surface area (Å²) >= 11 is 0. The lowest BCUT2D eigenvalue weighted by atomic mass is 10.0. The first-order chi connectivity index (χ1) is 18.9. The molecular formula is C29H40N2O10. The van der Waals surface area contributed by atoms with E-state index >= 15 is 0 Å². The number of esters is 1. The van der Waals surface area contributed by atoms with Gasteiger partial charge in [0.2, 0.25) is 0 Å². The van der Waals surface area contributed by atoms with Crippen molar-refractivity contribution in [1.82, 2.24) is 10.6 Å². The van der Waals surface area contributed by atoms with Crippen molar-refractivity contribution in [3.8, 4) is 0 Å². The van der Waals surface area contributed by atoms with E-state index in [4.69, 9.17) is 14.6 Å². The first-order valence-electron chi connectivity index (χ1n) is 12.7. The summed E-state index contributed by atoms with van der Waals surface area (Å²) in [5, 5.41) is 33.9. The molecule has 2 rings (SSSR count). The quantitative estimate of drug-likeness (QED) is 0.231. The van der Waals surface area contributed by atoms with Crippen molar-refractivity contribution < 1.29 is 48.7 Å². The van der Waals surface area contributed by atoms with Crippen LogP contribution in [-0.2, 0) is 23.8 Å². The molecule has 226 valence electrons. The summed E-state index contributed by atoms with van der Waals surface area (Å²) < 4.78 is 14.7. The Morgan fingerprint density at radius 1 is 0.659 bits per heavy atom. The molecule has 12 heteroatoms. The highest BCUT2D eigenvalue weighted by Crippen LogP contribution is 2.19. The van der Waals surface area contributed by atoms with Crippen LogP contribution in [0, 0.1) is 0 Å². The van der Waals surface area contributed by atoms with Crippen LogP contribution >= 0.6 is 0 Å². The number of carbonyl (C=O) groups excluding carboxylic acids is 3. The molecule has 4 atom stereocenters. The van der Waals surface area contributed by atoms with Gasteiger partial charge in [-0.05, 0) is 52.7 Å². The standard InChI is InChI=1S/C15H21NO5.C14H19NO5/c1-15(2,3)21-14(19)16-11(13(18)20-4)12(17)10-8-6-5-7-9-10;1-14(2,3)20-13(19)15-10(12(17)18)11(16)9-7-5-4-6-8-9/h5-9,11-12,17H,1-4H3,(H,16,19);4-8,10-11,16H,1-3H3,(H,15,19)(H,17,18)/t11-,12+;10-,11+/m00/s1.